The molecule has 0 saturated heterocycles. The molecule has 0 bridgehead atoms. The minimum Gasteiger partial charge on any atom is -0.493 e. The minimum atomic E-state index is -2.75. The molecule has 0 fully saturated rings. The maximum absolute atomic E-state index is 13.5. The summed E-state index contributed by atoms with van der Waals surface area (Å²) in [6.07, 6.45) is -0.158. The largest absolute Gasteiger partial charge is 0.493 e. The van der Waals surface area contributed by atoms with Crippen LogP contribution in [-0.4, -0.2) is 24.2 Å². The topological polar surface area (TPSA) is 42.6 Å². The molecule has 5 heteroatoms. The summed E-state index contributed by atoms with van der Waals surface area (Å²) < 4.78 is 38.5. The average molecular weight is 360 g/mol. The Morgan fingerprint density at radius 2 is 1.73 bits per heavy atom. The van der Waals surface area contributed by atoms with Gasteiger partial charge in [0.15, 0.2) is 0 Å². The SMILES string of the molecule is OCCCC(F)(F)CCCOc1ccc2cc(-c3ccccc3)oc2c1. The highest BCUT2D eigenvalue weighted by Crippen LogP contribution is 2.30. The summed E-state index contributed by atoms with van der Waals surface area (Å²) in [5.41, 5.74) is 1.70. The molecule has 138 valence electrons. The first-order valence-corrected chi connectivity index (χ1v) is 8.78. The molecule has 1 heterocycles. The number of benzene rings is 2. The van der Waals surface area contributed by atoms with Crippen molar-refractivity contribution in [1.82, 2.24) is 0 Å². The third kappa shape index (κ3) is 4.82. The first-order chi connectivity index (χ1) is 12.6. The Labute approximate surface area is 151 Å². The average Bonchev–Trinajstić information content (AvgIpc) is 3.08. The highest BCUT2D eigenvalue weighted by molar-refractivity contribution is 5.83. The van der Waals surface area contributed by atoms with E-state index in [1.54, 1.807) is 6.07 Å². The van der Waals surface area contributed by atoms with E-state index in [0.29, 0.717) is 11.3 Å². The van der Waals surface area contributed by atoms with Crippen LogP contribution in [0.25, 0.3) is 22.3 Å². The third-order valence-corrected chi connectivity index (χ3v) is 4.21. The molecule has 2 aromatic carbocycles. The zero-order chi connectivity index (χ0) is 18.4. The maximum Gasteiger partial charge on any atom is 0.248 e. The van der Waals surface area contributed by atoms with Crippen LogP contribution in [0.5, 0.6) is 5.75 Å². The first-order valence-electron chi connectivity index (χ1n) is 8.78. The van der Waals surface area contributed by atoms with Crippen molar-refractivity contribution in [2.45, 2.75) is 31.6 Å². The third-order valence-electron chi connectivity index (χ3n) is 4.21. The molecule has 0 saturated carbocycles. The van der Waals surface area contributed by atoms with Crippen LogP contribution in [0.4, 0.5) is 8.78 Å². The number of halogens is 2. The van der Waals surface area contributed by atoms with Gasteiger partial charge in [-0.15, -0.1) is 0 Å². The van der Waals surface area contributed by atoms with Gasteiger partial charge in [-0.3, -0.25) is 0 Å². The van der Waals surface area contributed by atoms with Gasteiger partial charge < -0.3 is 14.3 Å². The van der Waals surface area contributed by atoms with E-state index >= 15 is 0 Å². The van der Waals surface area contributed by atoms with E-state index in [-0.39, 0.29) is 38.9 Å². The molecule has 0 unspecified atom stereocenters. The molecule has 0 atom stereocenters. The van der Waals surface area contributed by atoms with Crippen molar-refractivity contribution in [2.24, 2.45) is 0 Å². The second kappa shape index (κ2) is 8.32. The lowest BCUT2D eigenvalue weighted by Crippen LogP contribution is -2.17. The summed E-state index contributed by atoms with van der Waals surface area (Å²) in [6.45, 7) is 0.00664. The van der Waals surface area contributed by atoms with E-state index in [1.807, 2.05) is 48.5 Å². The smallest absolute Gasteiger partial charge is 0.248 e. The molecule has 0 amide bonds. The summed E-state index contributed by atoms with van der Waals surface area (Å²) in [5.74, 6) is -1.37. The highest BCUT2D eigenvalue weighted by atomic mass is 19.3. The zero-order valence-corrected chi connectivity index (χ0v) is 14.5. The normalized spacial score (nSPS) is 11.8. The highest BCUT2D eigenvalue weighted by Gasteiger charge is 2.27. The lowest BCUT2D eigenvalue weighted by molar-refractivity contribution is -0.0254. The van der Waals surface area contributed by atoms with Gasteiger partial charge >= 0.3 is 0 Å². The maximum atomic E-state index is 13.5. The van der Waals surface area contributed by atoms with Crippen LogP contribution >= 0.6 is 0 Å². The summed E-state index contributed by atoms with van der Waals surface area (Å²) in [6, 6.07) is 17.3. The van der Waals surface area contributed by atoms with E-state index < -0.39 is 5.92 Å². The van der Waals surface area contributed by atoms with Crippen molar-refractivity contribution in [1.29, 1.82) is 0 Å². The van der Waals surface area contributed by atoms with Gasteiger partial charge in [0.1, 0.15) is 17.1 Å². The van der Waals surface area contributed by atoms with Crippen LogP contribution < -0.4 is 4.74 Å². The number of fused-ring (bicyclic) bond motifs is 1. The molecule has 1 N–H and O–H groups in total. The Hall–Kier alpha value is -2.40. The molecule has 26 heavy (non-hydrogen) atoms. The Balaban J connectivity index is 1.58. The van der Waals surface area contributed by atoms with E-state index in [1.165, 1.54) is 0 Å². The summed E-state index contributed by atoms with van der Waals surface area (Å²) in [4.78, 5) is 0. The second-order valence-corrected chi connectivity index (χ2v) is 6.31. The number of hydrogen-bond donors (Lipinski definition) is 1. The van der Waals surface area contributed by atoms with Crippen molar-refractivity contribution in [3.63, 3.8) is 0 Å². The standard InChI is InChI=1S/C21H22F2O3/c22-21(23,10-4-12-24)11-5-13-25-18-9-8-17-14-19(26-20(17)15-18)16-6-2-1-3-7-16/h1-3,6-9,14-15,24H,4-5,10-13H2. The number of aliphatic hydroxyl groups is 1. The number of alkyl halides is 2. The van der Waals surface area contributed by atoms with Crippen LogP contribution in [0.3, 0.4) is 0 Å². The molecule has 3 nitrogen and oxygen atoms in total. The van der Waals surface area contributed by atoms with Crippen LogP contribution in [-0.2, 0) is 0 Å². The molecule has 0 aliphatic carbocycles. The Morgan fingerprint density at radius 3 is 2.50 bits per heavy atom. The summed E-state index contributed by atoms with van der Waals surface area (Å²) in [7, 11) is 0. The monoisotopic (exact) mass is 360 g/mol. The molecular formula is C21H22F2O3. The van der Waals surface area contributed by atoms with E-state index in [2.05, 4.69) is 0 Å². The molecular weight excluding hydrogens is 338 g/mol. The Morgan fingerprint density at radius 1 is 0.962 bits per heavy atom. The predicted octanol–water partition coefficient (Wildman–Crippen LogP) is 5.67. The molecule has 3 aromatic rings. The van der Waals surface area contributed by atoms with Crippen molar-refractivity contribution >= 4 is 11.0 Å². The van der Waals surface area contributed by atoms with Gasteiger partial charge in [0.2, 0.25) is 5.92 Å². The molecule has 3 rings (SSSR count). The quantitative estimate of drug-likeness (QED) is 0.500. The van der Waals surface area contributed by atoms with Crippen LogP contribution in [0.2, 0.25) is 0 Å². The summed E-state index contributed by atoms with van der Waals surface area (Å²) in [5, 5.41) is 9.61. The lowest BCUT2D eigenvalue weighted by Gasteiger charge is -2.15. The van der Waals surface area contributed by atoms with Gasteiger partial charge in [0, 0.05) is 36.5 Å². The molecule has 0 spiro atoms. The number of hydrogen-bond acceptors (Lipinski definition) is 3. The van der Waals surface area contributed by atoms with Gasteiger partial charge in [0.05, 0.1) is 6.61 Å². The fraction of sp³-hybridized carbons (Fsp3) is 0.333. The van der Waals surface area contributed by atoms with E-state index in [4.69, 9.17) is 14.3 Å². The minimum absolute atomic E-state index is 0.118. The lowest BCUT2D eigenvalue weighted by atomic mass is 10.1. The Kier molecular flexibility index (Phi) is 5.89. The van der Waals surface area contributed by atoms with E-state index in [0.717, 1.165) is 16.7 Å². The van der Waals surface area contributed by atoms with Crippen molar-refractivity contribution < 1.29 is 23.0 Å². The van der Waals surface area contributed by atoms with Crippen LogP contribution in [0.15, 0.2) is 59.0 Å². The number of aliphatic hydroxyl groups excluding tert-OH is 1. The number of rotatable bonds is 9. The molecule has 0 aliphatic heterocycles. The van der Waals surface area contributed by atoms with E-state index in [9.17, 15) is 8.78 Å². The van der Waals surface area contributed by atoms with Crippen molar-refractivity contribution in [3.8, 4) is 17.1 Å². The van der Waals surface area contributed by atoms with Gasteiger partial charge in [0.25, 0.3) is 0 Å². The van der Waals surface area contributed by atoms with Gasteiger partial charge in [-0.05, 0) is 31.0 Å². The fourth-order valence-corrected chi connectivity index (χ4v) is 2.83. The van der Waals surface area contributed by atoms with Gasteiger partial charge in [-0.25, -0.2) is 8.78 Å². The zero-order valence-electron chi connectivity index (χ0n) is 14.5. The molecule has 0 radical (unpaired) electrons. The molecule has 1 aromatic heterocycles. The van der Waals surface area contributed by atoms with Crippen molar-refractivity contribution in [3.05, 3.63) is 54.6 Å². The van der Waals surface area contributed by atoms with Crippen LogP contribution in [0, 0.1) is 0 Å². The van der Waals surface area contributed by atoms with Gasteiger partial charge in [-0.1, -0.05) is 30.3 Å². The predicted molar refractivity (Wildman–Crippen MR) is 97.6 cm³/mol. The van der Waals surface area contributed by atoms with Crippen molar-refractivity contribution in [2.75, 3.05) is 13.2 Å². The number of furan rings is 1. The molecule has 0 aliphatic rings. The van der Waals surface area contributed by atoms with Gasteiger partial charge in [-0.2, -0.15) is 0 Å². The fourth-order valence-electron chi connectivity index (χ4n) is 2.83. The number of ether oxygens (including phenoxy) is 1. The first kappa shape index (κ1) is 18.4. The Bertz CT molecular complexity index is 828. The summed E-state index contributed by atoms with van der Waals surface area (Å²) >= 11 is 0. The second-order valence-electron chi connectivity index (χ2n) is 6.31. The van der Waals surface area contributed by atoms with Crippen LogP contribution in [0.1, 0.15) is 25.7 Å².